The van der Waals surface area contributed by atoms with E-state index < -0.39 is 18.0 Å². The lowest BCUT2D eigenvalue weighted by Gasteiger charge is -2.34. The number of amidine groups is 1. The maximum absolute atomic E-state index is 12.5. The standard InChI is InChI=1S/C16H16N2O5S/c1-3-22-15(21)13-9(2)17-16-18(10(8-24-16)7-12(19)20)14(13)11-5-4-6-23-11/h4-6,8,14H,3,7H2,1-2H3,(H,19,20). The van der Waals surface area contributed by atoms with Crippen molar-refractivity contribution < 1.29 is 23.8 Å². The Labute approximate surface area is 142 Å². The average molecular weight is 348 g/mol. The molecule has 8 heteroatoms. The molecule has 126 valence electrons. The van der Waals surface area contributed by atoms with Crippen molar-refractivity contribution >= 4 is 28.9 Å². The summed E-state index contributed by atoms with van der Waals surface area (Å²) < 4.78 is 10.7. The van der Waals surface area contributed by atoms with Gasteiger partial charge in [-0.25, -0.2) is 9.79 Å². The summed E-state index contributed by atoms with van der Waals surface area (Å²) in [5, 5.41) is 11.5. The molecule has 0 saturated heterocycles. The number of allylic oxidation sites excluding steroid dienone is 1. The van der Waals surface area contributed by atoms with Crippen molar-refractivity contribution in [1.29, 1.82) is 0 Å². The summed E-state index contributed by atoms with van der Waals surface area (Å²) in [7, 11) is 0. The normalized spacial score (nSPS) is 19.8. The molecular formula is C16H16N2O5S. The molecule has 1 aromatic heterocycles. The minimum atomic E-state index is -0.953. The van der Waals surface area contributed by atoms with Crippen molar-refractivity contribution in [3.8, 4) is 0 Å². The number of carboxylic acids is 1. The van der Waals surface area contributed by atoms with Crippen molar-refractivity contribution in [2.24, 2.45) is 4.99 Å². The van der Waals surface area contributed by atoms with Gasteiger partial charge in [-0.1, -0.05) is 11.8 Å². The van der Waals surface area contributed by atoms with E-state index in [1.807, 2.05) is 0 Å². The molecule has 2 aliphatic rings. The zero-order chi connectivity index (χ0) is 17.3. The number of furan rings is 1. The van der Waals surface area contributed by atoms with Gasteiger partial charge >= 0.3 is 11.9 Å². The van der Waals surface area contributed by atoms with Crippen molar-refractivity contribution in [3.63, 3.8) is 0 Å². The molecule has 24 heavy (non-hydrogen) atoms. The maximum Gasteiger partial charge on any atom is 0.338 e. The number of hydrogen-bond donors (Lipinski definition) is 1. The predicted octanol–water partition coefficient (Wildman–Crippen LogP) is 2.89. The summed E-state index contributed by atoms with van der Waals surface area (Å²) in [6.45, 7) is 3.71. The highest BCUT2D eigenvalue weighted by molar-refractivity contribution is 8.16. The molecular weight excluding hydrogens is 332 g/mol. The molecule has 0 fully saturated rings. The van der Waals surface area contributed by atoms with Gasteiger partial charge in [0.2, 0.25) is 0 Å². The van der Waals surface area contributed by atoms with E-state index in [9.17, 15) is 9.59 Å². The largest absolute Gasteiger partial charge is 0.481 e. The molecule has 0 saturated carbocycles. The van der Waals surface area contributed by atoms with Crippen molar-refractivity contribution in [1.82, 2.24) is 4.90 Å². The Balaban J connectivity index is 2.08. The first kappa shape index (κ1) is 16.4. The summed E-state index contributed by atoms with van der Waals surface area (Å²) in [4.78, 5) is 29.8. The lowest BCUT2D eigenvalue weighted by atomic mass is 9.99. The van der Waals surface area contributed by atoms with Gasteiger partial charge in [0.25, 0.3) is 0 Å². The number of carboxylic acid groups (broad SMARTS) is 1. The van der Waals surface area contributed by atoms with Crippen LogP contribution in [0.15, 0.2) is 50.2 Å². The smallest absolute Gasteiger partial charge is 0.338 e. The van der Waals surface area contributed by atoms with Gasteiger partial charge in [0.15, 0.2) is 5.17 Å². The van der Waals surface area contributed by atoms with Crippen LogP contribution in [0.2, 0.25) is 0 Å². The topological polar surface area (TPSA) is 92.3 Å². The molecule has 0 amide bonds. The fourth-order valence-corrected chi connectivity index (χ4v) is 3.67. The fourth-order valence-electron chi connectivity index (χ4n) is 2.71. The van der Waals surface area contributed by atoms with E-state index >= 15 is 0 Å². The molecule has 1 atom stereocenters. The third-order valence-electron chi connectivity index (χ3n) is 3.64. The molecule has 0 radical (unpaired) electrons. The Bertz CT molecular complexity index is 763. The van der Waals surface area contributed by atoms with Crippen molar-refractivity contribution in [3.05, 3.63) is 46.5 Å². The first-order chi connectivity index (χ1) is 11.5. The van der Waals surface area contributed by atoms with Crippen LogP contribution >= 0.6 is 11.8 Å². The number of ether oxygens (including phenoxy) is 1. The number of hydrogen-bond acceptors (Lipinski definition) is 7. The van der Waals surface area contributed by atoms with Gasteiger partial charge in [-0.15, -0.1) is 0 Å². The first-order valence-electron chi connectivity index (χ1n) is 7.39. The van der Waals surface area contributed by atoms with Crippen molar-refractivity contribution in [2.75, 3.05) is 6.61 Å². The summed E-state index contributed by atoms with van der Waals surface area (Å²) >= 11 is 1.33. The number of nitrogens with zero attached hydrogens (tertiary/aromatic N) is 2. The summed E-state index contributed by atoms with van der Waals surface area (Å²) in [6, 6.07) is 2.89. The van der Waals surface area contributed by atoms with E-state index in [0.29, 0.717) is 27.9 Å². The number of carbonyl (C=O) groups excluding carboxylic acids is 1. The molecule has 7 nitrogen and oxygen atoms in total. The second-order valence-electron chi connectivity index (χ2n) is 5.20. The zero-order valence-corrected chi connectivity index (χ0v) is 14.0. The highest BCUT2D eigenvalue weighted by atomic mass is 32.2. The molecule has 1 unspecified atom stereocenters. The van der Waals surface area contributed by atoms with E-state index in [1.54, 1.807) is 36.3 Å². The van der Waals surface area contributed by atoms with Gasteiger partial charge in [0, 0.05) is 5.70 Å². The van der Waals surface area contributed by atoms with Crippen LogP contribution in [0.5, 0.6) is 0 Å². The molecule has 3 rings (SSSR count). The van der Waals surface area contributed by atoms with Gasteiger partial charge in [-0.2, -0.15) is 0 Å². The second kappa shape index (κ2) is 6.56. The zero-order valence-electron chi connectivity index (χ0n) is 13.2. The average Bonchev–Trinajstić information content (AvgIpc) is 3.16. The van der Waals surface area contributed by atoms with Crippen LogP contribution in [0.4, 0.5) is 0 Å². The minimum absolute atomic E-state index is 0.168. The number of esters is 1. The van der Waals surface area contributed by atoms with Crippen LogP contribution in [0.25, 0.3) is 0 Å². The quantitative estimate of drug-likeness (QED) is 0.818. The molecule has 3 heterocycles. The molecule has 1 aromatic rings. The third-order valence-corrected chi connectivity index (χ3v) is 4.53. The maximum atomic E-state index is 12.5. The number of rotatable bonds is 5. The van der Waals surface area contributed by atoms with Crippen LogP contribution < -0.4 is 0 Å². The Morgan fingerprint density at radius 2 is 2.29 bits per heavy atom. The van der Waals surface area contributed by atoms with Crippen LogP contribution in [0.3, 0.4) is 0 Å². The number of aliphatic imine (C=N–C) groups is 1. The van der Waals surface area contributed by atoms with Gasteiger partial charge in [0.05, 0.1) is 30.6 Å². The molecule has 0 spiro atoms. The number of thioether (sulfide) groups is 1. The van der Waals surface area contributed by atoms with E-state index in [2.05, 4.69) is 4.99 Å². The molecule has 1 N–H and O–H groups in total. The highest BCUT2D eigenvalue weighted by Crippen LogP contribution is 2.44. The van der Waals surface area contributed by atoms with Crippen LogP contribution in [-0.2, 0) is 14.3 Å². The van der Waals surface area contributed by atoms with E-state index in [-0.39, 0.29) is 13.0 Å². The SMILES string of the molecule is CCOC(=O)C1=C(C)N=C2SC=C(CC(=O)O)N2C1c1ccco1. The third kappa shape index (κ3) is 2.84. The van der Waals surface area contributed by atoms with Crippen molar-refractivity contribution in [2.45, 2.75) is 26.3 Å². The van der Waals surface area contributed by atoms with E-state index in [1.165, 1.54) is 18.0 Å². The molecule has 0 bridgehead atoms. The van der Waals surface area contributed by atoms with E-state index in [4.69, 9.17) is 14.3 Å². The highest BCUT2D eigenvalue weighted by Gasteiger charge is 2.42. The predicted molar refractivity (Wildman–Crippen MR) is 88.0 cm³/mol. The van der Waals surface area contributed by atoms with E-state index in [0.717, 1.165) is 0 Å². The first-order valence-corrected chi connectivity index (χ1v) is 8.27. The van der Waals surface area contributed by atoms with Gasteiger partial charge in [-0.05, 0) is 31.4 Å². The van der Waals surface area contributed by atoms with Crippen LogP contribution in [0.1, 0.15) is 32.1 Å². The molecule has 2 aliphatic heterocycles. The van der Waals surface area contributed by atoms with Gasteiger partial charge in [-0.3, -0.25) is 4.79 Å². The fraction of sp³-hybridized carbons (Fsp3) is 0.312. The lowest BCUT2D eigenvalue weighted by Crippen LogP contribution is -2.37. The molecule has 0 aromatic carbocycles. The lowest BCUT2D eigenvalue weighted by molar-refractivity contribution is -0.139. The minimum Gasteiger partial charge on any atom is -0.481 e. The van der Waals surface area contributed by atoms with Gasteiger partial charge in [0.1, 0.15) is 11.8 Å². The Kier molecular flexibility index (Phi) is 4.48. The number of carbonyl (C=O) groups is 2. The number of fused-ring (bicyclic) bond motifs is 1. The van der Waals surface area contributed by atoms with Crippen LogP contribution in [0, 0.1) is 0 Å². The van der Waals surface area contributed by atoms with Crippen LogP contribution in [-0.4, -0.2) is 33.7 Å². The Hall–Kier alpha value is -2.48. The second-order valence-corrected chi connectivity index (χ2v) is 6.04. The molecule has 0 aliphatic carbocycles. The summed E-state index contributed by atoms with van der Waals surface area (Å²) in [5.41, 5.74) is 1.45. The Morgan fingerprint density at radius 3 is 2.92 bits per heavy atom. The number of aliphatic carboxylic acids is 1. The summed E-state index contributed by atoms with van der Waals surface area (Å²) in [5.74, 6) is -0.903. The summed E-state index contributed by atoms with van der Waals surface area (Å²) in [6.07, 6.45) is 1.35. The Morgan fingerprint density at radius 1 is 1.50 bits per heavy atom. The van der Waals surface area contributed by atoms with Gasteiger partial charge < -0.3 is 19.2 Å². The monoisotopic (exact) mass is 348 g/mol.